The van der Waals surface area contributed by atoms with E-state index in [1.807, 2.05) is 13.8 Å². The summed E-state index contributed by atoms with van der Waals surface area (Å²) in [6.45, 7) is 19.6. The SMILES string of the molecule is C=C(C)C(=O)OCCOCCOCC(C)C.C=CC(=O)OCCNC(=O)OCC(C)C. The summed E-state index contributed by atoms with van der Waals surface area (Å²) in [6, 6.07) is 0. The molecule has 0 saturated heterocycles. The molecule has 0 unspecified atom stereocenters. The van der Waals surface area contributed by atoms with Crippen LogP contribution < -0.4 is 5.32 Å². The summed E-state index contributed by atoms with van der Waals surface area (Å²) in [5.41, 5.74) is 0.403. The minimum Gasteiger partial charge on any atom is -0.461 e. The maximum atomic E-state index is 11.0. The van der Waals surface area contributed by atoms with Crippen molar-refractivity contribution < 1.29 is 38.1 Å². The second kappa shape index (κ2) is 20.9. The summed E-state index contributed by atoms with van der Waals surface area (Å²) in [5.74, 6) is -0.0436. The number of ether oxygens (including phenoxy) is 5. The Morgan fingerprint density at radius 1 is 0.839 bits per heavy atom. The second-order valence-corrected chi connectivity index (χ2v) is 7.29. The van der Waals surface area contributed by atoms with E-state index in [-0.39, 0.29) is 25.7 Å². The lowest BCUT2D eigenvalue weighted by Gasteiger charge is -2.08. The smallest absolute Gasteiger partial charge is 0.407 e. The van der Waals surface area contributed by atoms with Crippen LogP contribution in [0, 0.1) is 11.8 Å². The van der Waals surface area contributed by atoms with Gasteiger partial charge in [0.15, 0.2) is 0 Å². The van der Waals surface area contributed by atoms with Crippen LogP contribution in [0.3, 0.4) is 0 Å². The van der Waals surface area contributed by atoms with E-state index in [1.165, 1.54) is 0 Å². The van der Waals surface area contributed by atoms with Gasteiger partial charge in [-0.05, 0) is 18.8 Å². The molecule has 0 aromatic carbocycles. The van der Waals surface area contributed by atoms with Crippen molar-refractivity contribution in [2.45, 2.75) is 34.6 Å². The van der Waals surface area contributed by atoms with Crippen molar-refractivity contribution in [3.63, 3.8) is 0 Å². The molecule has 0 aliphatic carbocycles. The summed E-state index contributed by atoms with van der Waals surface area (Å²) >= 11 is 0. The zero-order valence-corrected chi connectivity index (χ0v) is 19.6. The first-order valence-corrected chi connectivity index (χ1v) is 10.3. The lowest BCUT2D eigenvalue weighted by molar-refractivity contribution is -0.140. The van der Waals surface area contributed by atoms with Gasteiger partial charge in [-0.1, -0.05) is 40.9 Å². The van der Waals surface area contributed by atoms with Crippen LogP contribution in [0.5, 0.6) is 0 Å². The molecule has 180 valence electrons. The van der Waals surface area contributed by atoms with Crippen molar-refractivity contribution in [3.05, 3.63) is 24.8 Å². The first-order chi connectivity index (χ1) is 14.6. The van der Waals surface area contributed by atoms with Crippen LogP contribution in [-0.4, -0.2) is 70.8 Å². The van der Waals surface area contributed by atoms with Gasteiger partial charge in [-0.3, -0.25) is 0 Å². The van der Waals surface area contributed by atoms with Gasteiger partial charge in [0.05, 0.1) is 33.0 Å². The molecule has 0 fully saturated rings. The Bertz CT molecular complexity index is 532. The molecular formula is C22H39NO8. The normalized spacial score (nSPS) is 10.0. The average Bonchev–Trinajstić information content (AvgIpc) is 2.71. The first kappa shape index (κ1) is 30.8. The molecule has 31 heavy (non-hydrogen) atoms. The number of carbonyl (C=O) groups excluding carboxylic acids is 3. The molecule has 0 aromatic heterocycles. The Morgan fingerprint density at radius 3 is 1.97 bits per heavy atom. The molecule has 0 radical (unpaired) electrons. The van der Waals surface area contributed by atoms with Crippen molar-refractivity contribution in [2.24, 2.45) is 11.8 Å². The Morgan fingerprint density at radius 2 is 1.42 bits per heavy atom. The lowest BCUT2D eigenvalue weighted by atomic mass is 10.2. The molecule has 0 aromatic rings. The maximum absolute atomic E-state index is 11.0. The van der Waals surface area contributed by atoms with E-state index in [2.05, 4.69) is 37.1 Å². The first-order valence-electron chi connectivity index (χ1n) is 10.3. The third kappa shape index (κ3) is 25.6. The molecule has 0 saturated carbocycles. The van der Waals surface area contributed by atoms with E-state index in [0.717, 1.165) is 12.7 Å². The highest BCUT2D eigenvalue weighted by Gasteiger charge is 2.03. The Kier molecular flexibility index (Phi) is 20.7. The molecule has 1 N–H and O–H groups in total. The fourth-order valence-electron chi connectivity index (χ4n) is 1.51. The fourth-order valence-corrected chi connectivity index (χ4v) is 1.51. The number of amides is 1. The summed E-state index contributed by atoms with van der Waals surface area (Å²) in [7, 11) is 0. The summed E-state index contributed by atoms with van der Waals surface area (Å²) in [4.78, 5) is 32.5. The molecule has 1 amide bonds. The molecular weight excluding hydrogens is 406 g/mol. The van der Waals surface area contributed by atoms with Crippen LogP contribution in [0.4, 0.5) is 4.79 Å². The second-order valence-electron chi connectivity index (χ2n) is 7.29. The highest BCUT2D eigenvalue weighted by Crippen LogP contribution is 1.94. The molecule has 0 rings (SSSR count). The lowest BCUT2D eigenvalue weighted by Crippen LogP contribution is -2.29. The summed E-state index contributed by atoms with van der Waals surface area (Å²) in [5, 5.41) is 2.44. The van der Waals surface area contributed by atoms with Gasteiger partial charge < -0.3 is 29.0 Å². The van der Waals surface area contributed by atoms with Crippen molar-refractivity contribution in [3.8, 4) is 0 Å². The van der Waals surface area contributed by atoms with Crippen molar-refractivity contribution in [1.29, 1.82) is 0 Å². The van der Waals surface area contributed by atoms with Gasteiger partial charge in [0.25, 0.3) is 0 Å². The topological polar surface area (TPSA) is 109 Å². The molecule has 0 atom stereocenters. The molecule has 0 aliphatic heterocycles. The molecule has 0 aliphatic rings. The van der Waals surface area contributed by atoms with Gasteiger partial charge in [-0.25, -0.2) is 14.4 Å². The van der Waals surface area contributed by atoms with E-state index in [0.29, 0.717) is 43.8 Å². The quantitative estimate of drug-likeness (QED) is 0.177. The van der Waals surface area contributed by atoms with Gasteiger partial charge in [-0.15, -0.1) is 0 Å². The summed E-state index contributed by atoms with van der Waals surface area (Å²) < 4.78 is 24.8. The number of nitrogens with one attached hydrogen (secondary N) is 1. The van der Waals surface area contributed by atoms with E-state index < -0.39 is 12.1 Å². The molecule has 0 spiro atoms. The zero-order valence-electron chi connectivity index (χ0n) is 19.6. The standard InChI is InChI=1S/C12H22O4.C10H17NO4/c1-10(2)9-15-6-5-14-7-8-16-12(13)11(3)4;1-4-9(12)14-6-5-11-10(13)15-7-8(2)3/h10H,3,5-9H2,1-2,4H3;4,8H,1,5-7H2,2-3H3,(H,11,13). The van der Waals surface area contributed by atoms with E-state index in [1.54, 1.807) is 6.92 Å². The van der Waals surface area contributed by atoms with Crippen molar-refractivity contribution >= 4 is 18.0 Å². The Balaban J connectivity index is 0. The van der Waals surface area contributed by atoms with Crippen LogP contribution in [0.2, 0.25) is 0 Å². The number of rotatable bonds is 15. The predicted octanol–water partition coefficient (Wildman–Crippen LogP) is 2.89. The van der Waals surface area contributed by atoms with Gasteiger partial charge in [0, 0.05) is 18.3 Å². The van der Waals surface area contributed by atoms with E-state index in [9.17, 15) is 14.4 Å². The van der Waals surface area contributed by atoms with Crippen LogP contribution in [0.1, 0.15) is 34.6 Å². The number of alkyl carbamates (subject to hydrolysis) is 1. The highest BCUT2D eigenvalue weighted by molar-refractivity contribution is 5.86. The third-order valence-corrected chi connectivity index (χ3v) is 2.96. The van der Waals surface area contributed by atoms with Gasteiger partial charge in [0.2, 0.25) is 0 Å². The van der Waals surface area contributed by atoms with E-state index in [4.69, 9.17) is 18.9 Å². The van der Waals surface area contributed by atoms with Crippen LogP contribution in [0.25, 0.3) is 0 Å². The summed E-state index contributed by atoms with van der Waals surface area (Å²) in [6.07, 6.45) is 0.565. The molecule has 0 bridgehead atoms. The third-order valence-electron chi connectivity index (χ3n) is 2.96. The van der Waals surface area contributed by atoms with Crippen LogP contribution >= 0.6 is 0 Å². The van der Waals surface area contributed by atoms with E-state index >= 15 is 0 Å². The average molecular weight is 446 g/mol. The molecule has 9 nitrogen and oxygen atoms in total. The van der Waals surface area contributed by atoms with Crippen LogP contribution in [-0.2, 0) is 33.3 Å². The zero-order chi connectivity index (χ0) is 24.1. The Hall–Kier alpha value is -2.39. The minimum absolute atomic E-state index is 0.113. The van der Waals surface area contributed by atoms with Crippen LogP contribution in [0.15, 0.2) is 24.8 Å². The number of hydrogen-bond acceptors (Lipinski definition) is 8. The van der Waals surface area contributed by atoms with Gasteiger partial charge in [-0.2, -0.15) is 0 Å². The maximum Gasteiger partial charge on any atom is 0.407 e. The highest BCUT2D eigenvalue weighted by atomic mass is 16.6. The number of hydrogen-bond donors (Lipinski definition) is 1. The van der Waals surface area contributed by atoms with Gasteiger partial charge >= 0.3 is 18.0 Å². The number of esters is 2. The predicted molar refractivity (Wildman–Crippen MR) is 118 cm³/mol. The molecule has 9 heteroatoms. The number of carbonyl (C=O) groups is 3. The molecule has 0 heterocycles. The monoisotopic (exact) mass is 445 g/mol. The van der Waals surface area contributed by atoms with Crippen molar-refractivity contribution in [2.75, 3.05) is 52.8 Å². The Labute approximate surface area is 186 Å². The fraction of sp³-hybridized carbons (Fsp3) is 0.682. The van der Waals surface area contributed by atoms with Crippen molar-refractivity contribution in [1.82, 2.24) is 5.32 Å². The minimum atomic E-state index is -0.507. The van der Waals surface area contributed by atoms with Gasteiger partial charge in [0.1, 0.15) is 13.2 Å². The largest absolute Gasteiger partial charge is 0.461 e.